The number of hydrogen-bond acceptors (Lipinski definition) is 5. The molecule has 0 aromatic carbocycles. The average Bonchev–Trinajstić information content (AvgIpc) is 3.01. The maximum atomic E-state index is 5.50. The fourth-order valence-corrected chi connectivity index (χ4v) is 1.34. The molecule has 3 heterocycles. The zero-order valence-corrected chi connectivity index (χ0v) is 8.20. The highest BCUT2D eigenvalue weighted by molar-refractivity contribution is 5.56. The summed E-state index contributed by atoms with van der Waals surface area (Å²) in [6, 6.07) is 5.39. The molecule has 0 spiro atoms. The van der Waals surface area contributed by atoms with E-state index in [4.69, 9.17) is 8.83 Å². The molecule has 0 aliphatic heterocycles. The highest BCUT2D eigenvalue weighted by Gasteiger charge is 2.10. The molecule has 0 atom stereocenters. The number of rotatable bonds is 2. The molecule has 0 saturated heterocycles. The molecule has 0 amide bonds. The Morgan fingerprint density at radius 3 is 2.31 bits per heavy atom. The summed E-state index contributed by atoms with van der Waals surface area (Å²) in [5, 5.41) is 7.89. The zero-order chi connectivity index (χ0) is 10.8. The number of pyridine rings is 1. The average molecular weight is 213 g/mol. The molecule has 0 unspecified atom stereocenters. The Bertz CT molecular complexity index is 572. The van der Waals surface area contributed by atoms with Gasteiger partial charge in [-0.3, -0.25) is 4.98 Å². The lowest BCUT2D eigenvalue weighted by Gasteiger charge is -1.91. The van der Waals surface area contributed by atoms with Crippen molar-refractivity contribution in [1.29, 1.82) is 0 Å². The van der Waals surface area contributed by atoms with Crippen LogP contribution in [0.25, 0.3) is 22.9 Å². The van der Waals surface area contributed by atoms with E-state index in [9.17, 15) is 0 Å². The molecule has 0 radical (unpaired) electrons. The molecule has 5 heteroatoms. The normalized spacial score (nSPS) is 10.5. The van der Waals surface area contributed by atoms with Gasteiger partial charge in [0.2, 0.25) is 5.89 Å². The van der Waals surface area contributed by atoms with E-state index in [0.717, 1.165) is 11.1 Å². The molecular weight excluding hydrogens is 206 g/mol. The Labute approximate surface area is 90.8 Å². The quantitative estimate of drug-likeness (QED) is 0.653. The predicted molar refractivity (Wildman–Crippen MR) is 55.2 cm³/mol. The van der Waals surface area contributed by atoms with Gasteiger partial charge in [-0.05, 0) is 18.2 Å². The van der Waals surface area contributed by atoms with E-state index in [1.54, 1.807) is 31.0 Å². The van der Waals surface area contributed by atoms with Gasteiger partial charge in [0.05, 0.1) is 11.8 Å². The van der Waals surface area contributed by atoms with Gasteiger partial charge in [0.1, 0.15) is 6.26 Å². The van der Waals surface area contributed by atoms with Crippen molar-refractivity contribution >= 4 is 0 Å². The van der Waals surface area contributed by atoms with E-state index >= 15 is 0 Å². The second kappa shape index (κ2) is 3.62. The van der Waals surface area contributed by atoms with Crippen molar-refractivity contribution in [2.24, 2.45) is 0 Å². The first-order valence-corrected chi connectivity index (χ1v) is 4.70. The fraction of sp³-hybridized carbons (Fsp3) is 0. The Morgan fingerprint density at radius 2 is 1.62 bits per heavy atom. The van der Waals surface area contributed by atoms with Crippen LogP contribution in [0.3, 0.4) is 0 Å². The molecule has 0 fully saturated rings. The topological polar surface area (TPSA) is 65.0 Å². The monoisotopic (exact) mass is 213 g/mol. The molecule has 3 aromatic heterocycles. The number of furan rings is 1. The number of hydrogen-bond donors (Lipinski definition) is 0. The summed E-state index contributed by atoms with van der Waals surface area (Å²) in [4.78, 5) is 3.92. The Hall–Kier alpha value is -2.43. The van der Waals surface area contributed by atoms with Gasteiger partial charge in [-0.15, -0.1) is 10.2 Å². The summed E-state index contributed by atoms with van der Waals surface area (Å²) < 4.78 is 10.5. The Morgan fingerprint density at radius 1 is 0.875 bits per heavy atom. The van der Waals surface area contributed by atoms with Crippen LogP contribution in [0.15, 0.2) is 52.0 Å². The van der Waals surface area contributed by atoms with Crippen molar-refractivity contribution in [2.45, 2.75) is 0 Å². The Balaban J connectivity index is 2.00. The van der Waals surface area contributed by atoms with Crippen LogP contribution < -0.4 is 0 Å². The fourth-order valence-electron chi connectivity index (χ4n) is 1.34. The Kier molecular flexibility index (Phi) is 2.00. The molecule has 78 valence electrons. The van der Waals surface area contributed by atoms with E-state index in [0.29, 0.717) is 11.8 Å². The second-order valence-electron chi connectivity index (χ2n) is 3.16. The maximum Gasteiger partial charge on any atom is 0.251 e. The van der Waals surface area contributed by atoms with Crippen LogP contribution in [-0.4, -0.2) is 15.2 Å². The molecule has 16 heavy (non-hydrogen) atoms. The highest BCUT2D eigenvalue weighted by atomic mass is 16.4. The summed E-state index contributed by atoms with van der Waals surface area (Å²) in [5.74, 6) is 0.916. The minimum atomic E-state index is 0.445. The first-order valence-electron chi connectivity index (χ1n) is 4.70. The van der Waals surface area contributed by atoms with Gasteiger partial charge in [-0.2, -0.15) is 0 Å². The predicted octanol–water partition coefficient (Wildman–Crippen LogP) is 2.39. The van der Waals surface area contributed by atoms with Crippen LogP contribution in [0.1, 0.15) is 0 Å². The zero-order valence-electron chi connectivity index (χ0n) is 8.20. The summed E-state index contributed by atoms with van der Waals surface area (Å²) in [5.41, 5.74) is 1.62. The van der Waals surface area contributed by atoms with Gasteiger partial charge in [0.15, 0.2) is 0 Å². The van der Waals surface area contributed by atoms with E-state index in [1.807, 2.05) is 12.1 Å². The van der Waals surface area contributed by atoms with Gasteiger partial charge < -0.3 is 8.83 Å². The maximum absolute atomic E-state index is 5.50. The van der Waals surface area contributed by atoms with Crippen LogP contribution in [0.4, 0.5) is 0 Å². The minimum absolute atomic E-state index is 0.445. The van der Waals surface area contributed by atoms with Crippen molar-refractivity contribution in [3.05, 3.63) is 43.1 Å². The van der Waals surface area contributed by atoms with Crippen LogP contribution >= 0.6 is 0 Å². The summed E-state index contributed by atoms with van der Waals surface area (Å²) >= 11 is 0. The molecular formula is C11H7N3O2. The first kappa shape index (κ1) is 8.84. The van der Waals surface area contributed by atoms with E-state index in [1.165, 1.54) is 0 Å². The number of aromatic nitrogens is 3. The molecule has 0 aliphatic carbocycles. The van der Waals surface area contributed by atoms with Crippen LogP contribution in [0, 0.1) is 0 Å². The lowest BCUT2D eigenvalue weighted by Crippen LogP contribution is -1.77. The number of nitrogens with zero attached hydrogens (tertiary/aromatic N) is 3. The van der Waals surface area contributed by atoms with Crippen molar-refractivity contribution in [3.8, 4) is 22.9 Å². The molecule has 0 saturated carbocycles. The summed E-state index contributed by atoms with van der Waals surface area (Å²) in [7, 11) is 0. The van der Waals surface area contributed by atoms with Crippen LogP contribution in [0.2, 0.25) is 0 Å². The van der Waals surface area contributed by atoms with Gasteiger partial charge in [-0.25, -0.2) is 0 Å². The van der Waals surface area contributed by atoms with Crippen LogP contribution in [-0.2, 0) is 0 Å². The van der Waals surface area contributed by atoms with Crippen molar-refractivity contribution in [2.75, 3.05) is 0 Å². The van der Waals surface area contributed by atoms with E-state index in [2.05, 4.69) is 15.2 Å². The standard InChI is InChI=1S/C11H7N3O2/c1-4-12-5-2-8(1)10-13-14-11(16-10)9-3-6-15-7-9/h1-7H. The minimum Gasteiger partial charge on any atom is -0.472 e. The molecule has 5 nitrogen and oxygen atoms in total. The van der Waals surface area contributed by atoms with Gasteiger partial charge in [0.25, 0.3) is 5.89 Å². The van der Waals surface area contributed by atoms with Crippen molar-refractivity contribution in [3.63, 3.8) is 0 Å². The summed E-state index contributed by atoms with van der Waals surface area (Å²) in [6.07, 6.45) is 6.48. The lowest BCUT2D eigenvalue weighted by molar-refractivity contribution is 0.560. The molecule has 0 aliphatic rings. The lowest BCUT2D eigenvalue weighted by atomic mass is 10.3. The molecule has 0 bridgehead atoms. The largest absolute Gasteiger partial charge is 0.472 e. The summed E-state index contributed by atoms with van der Waals surface area (Å²) in [6.45, 7) is 0. The van der Waals surface area contributed by atoms with Gasteiger partial charge in [0, 0.05) is 18.0 Å². The van der Waals surface area contributed by atoms with Crippen molar-refractivity contribution in [1.82, 2.24) is 15.2 Å². The van der Waals surface area contributed by atoms with E-state index < -0.39 is 0 Å². The molecule has 3 rings (SSSR count). The third-order valence-corrected chi connectivity index (χ3v) is 2.12. The van der Waals surface area contributed by atoms with Crippen LogP contribution in [0.5, 0.6) is 0 Å². The SMILES string of the molecule is c1cc(-c2nnc(-c3ccoc3)o2)ccn1. The van der Waals surface area contributed by atoms with E-state index in [-0.39, 0.29) is 0 Å². The molecule has 3 aromatic rings. The highest BCUT2D eigenvalue weighted by Crippen LogP contribution is 2.23. The first-order chi connectivity index (χ1) is 7.93. The third-order valence-electron chi connectivity index (χ3n) is 2.12. The third kappa shape index (κ3) is 1.48. The van der Waals surface area contributed by atoms with Gasteiger partial charge >= 0.3 is 0 Å². The second-order valence-corrected chi connectivity index (χ2v) is 3.16. The smallest absolute Gasteiger partial charge is 0.251 e. The molecule has 0 N–H and O–H groups in total. The van der Waals surface area contributed by atoms with Crippen molar-refractivity contribution < 1.29 is 8.83 Å². The van der Waals surface area contributed by atoms with Gasteiger partial charge in [-0.1, -0.05) is 0 Å².